The quantitative estimate of drug-likeness (QED) is 0.774. The van der Waals surface area contributed by atoms with Crippen molar-refractivity contribution in [3.05, 3.63) is 34.9 Å². The Bertz CT molecular complexity index is 309. The van der Waals surface area contributed by atoms with Crippen molar-refractivity contribution in [2.24, 2.45) is 5.73 Å². The Morgan fingerprint density at radius 3 is 2.73 bits per heavy atom. The predicted molar refractivity (Wildman–Crippen MR) is 70.5 cm³/mol. The van der Waals surface area contributed by atoms with Crippen LogP contribution >= 0.6 is 11.8 Å². The molecule has 15 heavy (non-hydrogen) atoms. The molecule has 1 aromatic carbocycles. The Balaban J connectivity index is 2.64. The summed E-state index contributed by atoms with van der Waals surface area (Å²) < 4.78 is 0. The molecule has 0 heterocycles. The maximum absolute atomic E-state index is 6.18. The van der Waals surface area contributed by atoms with Gasteiger partial charge >= 0.3 is 0 Å². The second-order valence-corrected chi connectivity index (χ2v) is 5.19. The van der Waals surface area contributed by atoms with E-state index in [0.717, 1.165) is 5.75 Å². The van der Waals surface area contributed by atoms with Crippen LogP contribution in [0.3, 0.4) is 0 Å². The van der Waals surface area contributed by atoms with Crippen LogP contribution < -0.4 is 5.73 Å². The minimum atomic E-state index is 0.182. The summed E-state index contributed by atoms with van der Waals surface area (Å²) in [4.78, 5) is 0. The smallest absolute Gasteiger partial charge is 0.0389 e. The third-order valence-electron chi connectivity index (χ3n) is 2.48. The van der Waals surface area contributed by atoms with Crippen molar-refractivity contribution in [3.8, 4) is 0 Å². The van der Waals surface area contributed by atoms with Crippen molar-refractivity contribution >= 4 is 11.8 Å². The van der Waals surface area contributed by atoms with E-state index in [1.54, 1.807) is 0 Å². The fourth-order valence-corrected chi connectivity index (χ4v) is 2.49. The summed E-state index contributed by atoms with van der Waals surface area (Å²) in [6, 6.07) is 6.70. The Hall–Kier alpha value is -0.470. The third-order valence-corrected chi connectivity index (χ3v) is 3.77. The first-order chi connectivity index (χ1) is 7.15. The van der Waals surface area contributed by atoms with Gasteiger partial charge in [0.25, 0.3) is 0 Å². The zero-order chi connectivity index (χ0) is 11.3. The fourth-order valence-electron chi connectivity index (χ4n) is 1.60. The van der Waals surface area contributed by atoms with E-state index in [1.807, 2.05) is 11.8 Å². The first-order valence-electron chi connectivity index (χ1n) is 5.55. The molecule has 2 N–H and O–H groups in total. The molecule has 1 aromatic rings. The molecule has 1 nitrogen and oxygen atoms in total. The van der Waals surface area contributed by atoms with Crippen LogP contribution in [0.4, 0.5) is 0 Å². The molecule has 0 spiro atoms. The zero-order valence-electron chi connectivity index (χ0n) is 9.92. The highest BCUT2D eigenvalue weighted by Gasteiger charge is 2.08. The third kappa shape index (κ3) is 3.88. The van der Waals surface area contributed by atoms with Crippen molar-refractivity contribution in [3.63, 3.8) is 0 Å². The molecule has 1 atom stereocenters. The van der Waals surface area contributed by atoms with Gasteiger partial charge in [-0.3, -0.25) is 0 Å². The van der Waals surface area contributed by atoms with Gasteiger partial charge in [0.1, 0.15) is 0 Å². The topological polar surface area (TPSA) is 26.0 Å². The molecule has 0 bridgehead atoms. The maximum Gasteiger partial charge on any atom is 0.0389 e. The summed E-state index contributed by atoms with van der Waals surface area (Å²) >= 11 is 1.95. The zero-order valence-corrected chi connectivity index (χ0v) is 10.7. The highest BCUT2D eigenvalue weighted by Crippen LogP contribution is 2.21. The maximum atomic E-state index is 6.18. The molecule has 0 aliphatic heterocycles. The fraction of sp³-hybridized carbons (Fsp3) is 0.538. The van der Waals surface area contributed by atoms with E-state index in [9.17, 15) is 0 Å². The summed E-state index contributed by atoms with van der Waals surface area (Å²) in [6.45, 7) is 6.46. The van der Waals surface area contributed by atoms with Crippen LogP contribution in [-0.2, 0) is 0 Å². The molecule has 1 rings (SSSR count). The van der Waals surface area contributed by atoms with Gasteiger partial charge in [0.05, 0.1) is 0 Å². The van der Waals surface area contributed by atoms with E-state index in [4.69, 9.17) is 5.73 Å². The lowest BCUT2D eigenvalue weighted by atomic mass is 10.0. The number of aryl methyl sites for hydroxylation is 2. The van der Waals surface area contributed by atoms with Crippen LogP contribution in [0.25, 0.3) is 0 Å². The summed E-state index contributed by atoms with van der Waals surface area (Å²) in [6.07, 6.45) is 1.23. The normalized spacial score (nSPS) is 12.8. The van der Waals surface area contributed by atoms with Gasteiger partial charge in [0.2, 0.25) is 0 Å². The van der Waals surface area contributed by atoms with Gasteiger partial charge in [-0.05, 0) is 37.1 Å². The minimum absolute atomic E-state index is 0.182. The molecular weight excluding hydrogens is 202 g/mol. The predicted octanol–water partition coefficient (Wildman–Crippen LogP) is 3.45. The lowest BCUT2D eigenvalue weighted by molar-refractivity contribution is 0.820. The first kappa shape index (κ1) is 12.6. The van der Waals surface area contributed by atoms with Crippen molar-refractivity contribution < 1.29 is 0 Å². The van der Waals surface area contributed by atoms with Crippen molar-refractivity contribution in [1.82, 2.24) is 0 Å². The van der Waals surface area contributed by atoms with E-state index >= 15 is 0 Å². The average Bonchev–Trinajstić information content (AvgIpc) is 2.22. The second-order valence-electron chi connectivity index (χ2n) is 4.04. The molecule has 0 radical (unpaired) electrons. The molecular formula is C13H21NS. The molecule has 0 aliphatic carbocycles. The van der Waals surface area contributed by atoms with Gasteiger partial charge in [-0.2, -0.15) is 11.8 Å². The molecule has 0 aliphatic rings. The summed E-state index contributed by atoms with van der Waals surface area (Å²) in [7, 11) is 0. The molecule has 0 aromatic heterocycles. The molecule has 0 saturated heterocycles. The van der Waals surface area contributed by atoms with E-state index in [-0.39, 0.29) is 6.04 Å². The van der Waals surface area contributed by atoms with E-state index in [0.29, 0.717) is 0 Å². The van der Waals surface area contributed by atoms with Gasteiger partial charge in [-0.1, -0.05) is 30.7 Å². The highest BCUT2D eigenvalue weighted by molar-refractivity contribution is 7.99. The summed E-state index contributed by atoms with van der Waals surface area (Å²) in [5.74, 6) is 2.23. The molecule has 2 heteroatoms. The van der Waals surface area contributed by atoms with Crippen molar-refractivity contribution in [2.45, 2.75) is 33.2 Å². The monoisotopic (exact) mass is 223 g/mol. The number of rotatable bonds is 5. The standard InChI is InChI=1S/C13H21NS/c1-4-7-15-9-13(14)12-8-10(2)5-6-11(12)3/h5-6,8,13H,4,7,9,14H2,1-3H3. The minimum Gasteiger partial charge on any atom is -0.323 e. The molecule has 0 amide bonds. The Labute approximate surface area is 97.4 Å². The first-order valence-corrected chi connectivity index (χ1v) is 6.71. The average molecular weight is 223 g/mol. The lowest BCUT2D eigenvalue weighted by Crippen LogP contribution is -2.14. The van der Waals surface area contributed by atoms with Crippen LogP contribution in [0.1, 0.15) is 36.1 Å². The summed E-state index contributed by atoms with van der Waals surface area (Å²) in [5, 5.41) is 0. The Morgan fingerprint density at radius 1 is 1.33 bits per heavy atom. The Morgan fingerprint density at radius 2 is 2.07 bits per heavy atom. The Kier molecular flexibility index (Phi) is 5.20. The lowest BCUT2D eigenvalue weighted by Gasteiger charge is -2.15. The van der Waals surface area contributed by atoms with Crippen LogP contribution in [0, 0.1) is 13.8 Å². The largest absolute Gasteiger partial charge is 0.323 e. The van der Waals surface area contributed by atoms with Crippen LogP contribution in [0.2, 0.25) is 0 Å². The number of benzene rings is 1. The van der Waals surface area contributed by atoms with Crippen molar-refractivity contribution in [1.29, 1.82) is 0 Å². The number of hydrogen-bond donors (Lipinski definition) is 1. The highest BCUT2D eigenvalue weighted by atomic mass is 32.2. The second kappa shape index (κ2) is 6.19. The van der Waals surface area contributed by atoms with Crippen LogP contribution in [0.15, 0.2) is 18.2 Å². The number of hydrogen-bond acceptors (Lipinski definition) is 2. The van der Waals surface area contributed by atoms with Gasteiger partial charge in [-0.15, -0.1) is 0 Å². The molecule has 1 unspecified atom stereocenters. The van der Waals surface area contributed by atoms with E-state index in [1.165, 1.54) is 28.9 Å². The van der Waals surface area contributed by atoms with Gasteiger partial charge < -0.3 is 5.73 Å². The van der Waals surface area contributed by atoms with Gasteiger partial charge in [-0.25, -0.2) is 0 Å². The summed E-state index contributed by atoms with van der Waals surface area (Å²) in [5.41, 5.74) is 10.1. The number of thioether (sulfide) groups is 1. The van der Waals surface area contributed by atoms with Crippen LogP contribution in [0.5, 0.6) is 0 Å². The van der Waals surface area contributed by atoms with Gasteiger partial charge in [0, 0.05) is 11.8 Å². The van der Waals surface area contributed by atoms with E-state index in [2.05, 4.69) is 39.0 Å². The van der Waals surface area contributed by atoms with Crippen molar-refractivity contribution in [2.75, 3.05) is 11.5 Å². The molecule has 84 valence electrons. The number of nitrogens with two attached hydrogens (primary N) is 1. The van der Waals surface area contributed by atoms with Gasteiger partial charge in [0.15, 0.2) is 0 Å². The van der Waals surface area contributed by atoms with Crippen LogP contribution in [-0.4, -0.2) is 11.5 Å². The SMILES string of the molecule is CCCSCC(N)c1cc(C)ccc1C. The molecule has 0 saturated carbocycles. The molecule has 0 fully saturated rings. The van der Waals surface area contributed by atoms with E-state index < -0.39 is 0 Å².